The number of halogens is 1. The van der Waals surface area contributed by atoms with Crippen LogP contribution in [0.15, 0.2) is 41.4 Å². The minimum absolute atomic E-state index is 0.272. The molecule has 1 aliphatic rings. The van der Waals surface area contributed by atoms with Crippen molar-refractivity contribution in [2.75, 3.05) is 16.8 Å². The van der Waals surface area contributed by atoms with Gasteiger partial charge in [-0.15, -0.1) is 11.3 Å². The summed E-state index contributed by atoms with van der Waals surface area (Å²) in [7, 11) is 0. The smallest absolute Gasteiger partial charge is 0.257 e. The van der Waals surface area contributed by atoms with E-state index in [2.05, 4.69) is 47.2 Å². The van der Waals surface area contributed by atoms with E-state index >= 15 is 0 Å². The molecular formula is C18H13BrN6OS. The molecule has 0 aliphatic carbocycles. The number of fused-ring (bicyclic) bond motifs is 1. The van der Waals surface area contributed by atoms with E-state index in [1.54, 1.807) is 30.7 Å². The molecule has 0 bridgehead atoms. The fourth-order valence-electron chi connectivity index (χ4n) is 2.92. The highest BCUT2D eigenvalue weighted by atomic mass is 79.9. The maximum Gasteiger partial charge on any atom is 0.257 e. The molecule has 3 aromatic rings. The Balaban J connectivity index is 1.59. The van der Waals surface area contributed by atoms with Gasteiger partial charge in [0.15, 0.2) is 0 Å². The van der Waals surface area contributed by atoms with Crippen LogP contribution in [0, 0.1) is 11.3 Å². The minimum atomic E-state index is -0.272. The first kappa shape index (κ1) is 17.6. The second-order valence-corrected chi connectivity index (χ2v) is 7.91. The Hall–Kier alpha value is -2.83. The summed E-state index contributed by atoms with van der Waals surface area (Å²) in [6, 6.07) is 5.64. The summed E-state index contributed by atoms with van der Waals surface area (Å²) in [6.45, 7) is 1.33. The van der Waals surface area contributed by atoms with Crippen LogP contribution in [0.2, 0.25) is 0 Å². The number of aromatic nitrogens is 3. The Morgan fingerprint density at radius 1 is 1.33 bits per heavy atom. The van der Waals surface area contributed by atoms with Crippen molar-refractivity contribution in [1.82, 2.24) is 15.0 Å². The van der Waals surface area contributed by atoms with Crippen LogP contribution in [-0.4, -0.2) is 27.4 Å². The quantitative estimate of drug-likeness (QED) is 0.670. The molecule has 7 nitrogen and oxygen atoms in total. The van der Waals surface area contributed by atoms with Crippen molar-refractivity contribution in [3.05, 3.63) is 63.0 Å². The lowest BCUT2D eigenvalue weighted by Crippen LogP contribution is -2.31. The summed E-state index contributed by atoms with van der Waals surface area (Å²) >= 11 is 4.77. The summed E-state index contributed by atoms with van der Waals surface area (Å²) in [5.74, 6) is 0.378. The van der Waals surface area contributed by atoms with Crippen LogP contribution < -0.4 is 10.2 Å². The SMILES string of the molecule is N#Cc1c(NC(=O)c2cccnc2)sc2c1CCN(c1ncc(Br)cn1)C2. The van der Waals surface area contributed by atoms with E-state index in [0.717, 1.165) is 21.5 Å². The lowest BCUT2D eigenvalue weighted by atomic mass is 10.0. The fourth-order valence-corrected chi connectivity index (χ4v) is 4.34. The molecule has 0 fully saturated rings. The van der Waals surface area contributed by atoms with Gasteiger partial charge in [0.1, 0.15) is 11.1 Å². The number of pyridine rings is 1. The zero-order valence-corrected chi connectivity index (χ0v) is 16.4. The second-order valence-electron chi connectivity index (χ2n) is 5.89. The molecule has 1 N–H and O–H groups in total. The van der Waals surface area contributed by atoms with Gasteiger partial charge in [-0.05, 0) is 40.0 Å². The number of carbonyl (C=O) groups excluding carboxylic acids is 1. The van der Waals surface area contributed by atoms with E-state index in [4.69, 9.17) is 0 Å². The summed E-state index contributed by atoms with van der Waals surface area (Å²) in [4.78, 5) is 28.2. The van der Waals surface area contributed by atoms with E-state index < -0.39 is 0 Å². The fraction of sp³-hybridized carbons (Fsp3) is 0.167. The molecule has 0 saturated heterocycles. The highest BCUT2D eigenvalue weighted by Crippen LogP contribution is 2.37. The summed E-state index contributed by atoms with van der Waals surface area (Å²) in [6.07, 6.45) is 7.25. The van der Waals surface area contributed by atoms with Gasteiger partial charge in [0.25, 0.3) is 5.91 Å². The van der Waals surface area contributed by atoms with Gasteiger partial charge in [-0.3, -0.25) is 9.78 Å². The van der Waals surface area contributed by atoms with Crippen molar-refractivity contribution in [3.63, 3.8) is 0 Å². The molecule has 0 radical (unpaired) electrons. The Morgan fingerprint density at radius 2 is 2.15 bits per heavy atom. The standard InChI is InChI=1S/C18H13BrN6OS/c19-12-8-22-18(23-9-12)25-5-3-13-14(6-20)17(27-15(13)10-25)24-16(26)11-2-1-4-21-7-11/h1-2,4,7-9H,3,5,10H2,(H,24,26). The van der Waals surface area contributed by atoms with Crippen molar-refractivity contribution in [2.45, 2.75) is 13.0 Å². The molecule has 3 aromatic heterocycles. The van der Waals surface area contributed by atoms with Crippen molar-refractivity contribution >= 4 is 44.1 Å². The molecule has 27 heavy (non-hydrogen) atoms. The Morgan fingerprint density at radius 3 is 2.85 bits per heavy atom. The van der Waals surface area contributed by atoms with Crippen LogP contribution in [0.4, 0.5) is 10.9 Å². The number of rotatable bonds is 3. The molecule has 1 amide bonds. The monoisotopic (exact) mass is 440 g/mol. The van der Waals surface area contributed by atoms with Crippen molar-refractivity contribution < 1.29 is 4.79 Å². The average molecular weight is 441 g/mol. The predicted molar refractivity (Wildman–Crippen MR) is 106 cm³/mol. The van der Waals surface area contributed by atoms with E-state index in [0.29, 0.717) is 35.0 Å². The minimum Gasteiger partial charge on any atom is -0.335 e. The third kappa shape index (κ3) is 3.54. The molecule has 0 spiro atoms. The van der Waals surface area contributed by atoms with Crippen molar-refractivity contribution in [2.24, 2.45) is 0 Å². The maximum absolute atomic E-state index is 12.4. The highest BCUT2D eigenvalue weighted by Gasteiger charge is 2.26. The van der Waals surface area contributed by atoms with Crippen LogP contribution in [0.5, 0.6) is 0 Å². The lowest BCUT2D eigenvalue weighted by Gasteiger charge is -2.26. The average Bonchev–Trinajstić information content (AvgIpc) is 3.05. The number of carbonyl (C=O) groups is 1. The van der Waals surface area contributed by atoms with E-state index in [1.807, 2.05) is 0 Å². The molecule has 9 heteroatoms. The van der Waals surface area contributed by atoms with Gasteiger partial charge in [-0.1, -0.05) is 0 Å². The third-order valence-corrected chi connectivity index (χ3v) is 5.75. The highest BCUT2D eigenvalue weighted by molar-refractivity contribution is 9.10. The topological polar surface area (TPSA) is 94.8 Å². The van der Waals surface area contributed by atoms with Gasteiger partial charge in [-0.2, -0.15) is 5.26 Å². The molecular weight excluding hydrogens is 428 g/mol. The molecule has 0 saturated carbocycles. The number of nitriles is 1. The number of hydrogen-bond donors (Lipinski definition) is 1. The first-order valence-corrected chi connectivity index (χ1v) is 9.75. The predicted octanol–water partition coefficient (Wildman–Crippen LogP) is 3.38. The van der Waals surface area contributed by atoms with Crippen LogP contribution in [0.25, 0.3) is 0 Å². The molecule has 4 rings (SSSR count). The number of anilines is 2. The maximum atomic E-state index is 12.4. The summed E-state index contributed by atoms with van der Waals surface area (Å²) in [5.41, 5.74) is 2.00. The number of hydrogen-bond acceptors (Lipinski definition) is 7. The molecule has 134 valence electrons. The van der Waals surface area contributed by atoms with Gasteiger partial charge < -0.3 is 10.2 Å². The van der Waals surface area contributed by atoms with Crippen LogP contribution in [0.3, 0.4) is 0 Å². The summed E-state index contributed by atoms with van der Waals surface area (Å²) in [5, 5.41) is 13.0. The lowest BCUT2D eigenvalue weighted by molar-refractivity contribution is 0.102. The molecule has 1 aliphatic heterocycles. The van der Waals surface area contributed by atoms with Gasteiger partial charge in [0.05, 0.1) is 22.1 Å². The Bertz CT molecular complexity index is 1030. The number of thiophene rings is 1. The first-order valence-electron chi connectivity index (χ1n) is 8.14. The third-order valence-electron chi connectivity index (χ3n) is 4.21. The second kappa shape index (κ2) is 7.42. The van der Waals surface area contributed by atoms with E-state index in [-0.39, 0.29) is 5.91 Å². The number of nitrogens with one attached hydrogen (secondary N) is 1. The Kier molecular flexibility index (Phi) is 4.83. The van der Waals surface area contributed by atoms with Crippen LogP contribution in [-0.2, 0) is 13.0 Å². The molecule has 0 aromatic carbocycles. The normalized spacial score (nSPS) is 13.0. The largest absolute Gasteiger partial charge is 0.335 e. The zero-order chi connectivity index (χ0) is 18.8. The molecule has 0 atom stereocenters. The van der Waals surface area contributed by atoms with Crippen LogP contribution in [0.1, 0.15) is 26.4 Å². The van der Waals surface area contributed by atoms with Gasteiger partial charge in [0.2, 0.25) is 5.95 Å². The number of amides is 1. The summed E-state index contributed by atoms with van der Waals surface area (Å²) < 4.78 is 0.826. The van der Waals surface area contributed by atoms with Gasteiger partial charge in [-0.25, -0.2) is 9.97 Å². The van der Waals surface area contributed by atoms with E-state index in [1.165, 1.54) is 17.5 Å². The van der Waals surface area contributed by atoms with Gasteiger partial charge in [0, 0.05) is 36.2 Å². The number of nitrogens with zero attached hydrogens (tertiary/aromatic N) is 5. The van der Waals surface area contributed by atoms with E-state index in [9.17, 15) is 10.1 Å². The zero-order valence-electron chi connectivity index (χ0n) is 14.0. The van der Waals surface area contributed by atoms with Crippen molar-refractivity contribution in [1.29, 1.82) is 5.26 Å². The van der Waals surface area contributed by atoms with Crippen molar-refractivity contribution in [3.8, 4) is 6.07 Å². The molecule has 4 heterocycles. The molecule has 0 unspecified atom stereocenters. The van der Waals surface area contributed by atoms with Crippen LogP contribution >= 0.6 is 27.3 Å². The van der Waals surface area contributed by atoms with Gasteiger partial charge >= 0.3 is 0 Å². The first-order chi connectivity index (χ1) is 13.2. The Labute approximate surface area is 167 Å².